The van der Waals surface area contributed by atoms with Crippen LogP contribution in [0, 0.1) is 22.7 Å². The molecule has 12 heteroatoms. The van der Waals surface area contributed by atoms with Gasteiger partial charge in [-0.2, -0.15) is 9.65 Å². The maximum absolute atomic E-state index is 15.0. The van der Waals surface area contributed by atoms with Gasteiger partial charge in [0.1, 0.15) is 23.3 Å². The molecule has 39 heavy (non-hydrogen) atoms. The molecular weight excluding hydrogens is 529 g/mol. The quantitative estimate of drug-likeness (QED) is 0.246. The lowest BCUT2D eigenvalue weighted by molar-refractivity contribution is 0.0593. The van der Waals surface area contributed by atoms with Crippen LogP contribution in [0.15, 0.2) is 42.9 Å². The predicted molar refractivity (Wildman–Crippen MR) is 142 cm³/mol. The molecule has 0 saturated heterocycles. The summed E-state index contributed by atoms with van der Waals surface area (Å²) in [7, 11) is 0. The molecule has 2 N–H and O–H groups in total. The number of anilines is 2. The van der Waals surface area contributed by atoms with Gasteiger partial charge in [0, 0.05) is 35.6 Å². The summed E-state index contributed by atoms with van der Waals surface area (Å²) in [5, 5.41) is 24.7. The van der Waals surface area contributed by atoms with Gasteiger partial charge in [0.15, 0.2) is 0 Å². The first kappa shape index (κ1) is 25.4. The van der Waals surface area contributed by atoms with Crippen molar-refractivity contribution in [3.05, 3.63) is 70.6 Å². The van der Waals surface area contributed by atoms with Gasteiger partial charge in [-0.3, -0.25) is 4.98 Å². The van der Waals surface area contributed by atoms with Gasteiger partial charge < -0.3 is 10.6 Å². The molecule has 1 aromatic carbocycles. The highest BCUT2D eigenvalue weighted by molar-refractivity contribution is 6.35. The molecule has 0 aliphatic heterocycles. The molecule has 0 bridgehead atoms. The monoisotopic (exact) mass is 555 g/mol. The smallest absolute Gasteiger partial charge is 0.263 e. The SMILES string of the molecule is [2H][C@](Nc1cc(Cl)c2ncc(C#N)c(NCC(C)(C)C)c2c1)(c1cn(C2(C(F)F)CC2)nn1)c1cccnc1F. The Labute approximate surface area is 229 Å². The van der Waals surface area contributed by atoms with E-state index in [1.165, 1.54) is 36.8 Å². The fourth-order valence-corrected chi connectivity index (χ4v) is 4.49. The van der Waals surface area contributed by atoms with Gasteiger partial charge in [-0.25, -0.2) is 18.4 Å². The fraction of sp³-hybridized carbons (Fsp3) is 0.370. The largest absolute Gasteiger partial charge is 0.383 e. The minimum Gasteiger partial charge on any atom is -0.383 e. The molecule has 5 rings (SSSR count). The third kappa shape index (κ3) is 5.21. The maximum Gasteiger partial charge on any atom is 0.263 e. The van der Waals surface area contributed by atoms with E-state index in [2.05, 4.69) is 37.0 Å². The highest BCUT2D eigenvalue weighted by Gasteiger charge is 2.54. The lowest BCUT2D eigenvalue weighted by Crippen LogP contribution is -2.26. The zero-order chi connectivity index (χ0) is 28.9. The Hall–Kier alpha value is -3.91. The van der Waals surface area contributed by atoms with Crippen LogP contribution in [0.5, 0.6) is 0 Å². The topological polar surface area (TPSA) is 104 Å². The molecule has 8 nitrogen and oxygen atoms in total. The number of alkyl halides is 2. The number of pyridine rings is 2. The van der Waals surface area contributed by atoms with Crippen LogP contribution >= 0.6 is 11.6 Å². The molecule has 202 valence electrons. The van der Waals surface area contributed by atoms with Crippen LogP contribution in [-0.4, -0.2) is 37.9 Å². The molecule has 1 aliphatic rings. The molecule has 0 unspecified atom stereocenters. The number of rotatable bonds is 8. The molecular formula is C27H26ClF3N8. The summed E-state index contributed by atoms with van der Waals surface area (Å²) >= 11 is 6.60. The number of benzene rings is 1. The summed E-state index contributed by atoms with van der Waals surface area (Å²) in [5.74, 6) is -0.942. The van der Waals surface area contributed by atoms with E-state index >= 15 is 4.39 Å². The van der Waals surface area contributed by atoms with Crippen LogP contribution in [0.3, 0.4) is 0 Å². The summed E-state index contributed by atoms with van der Waals surface area (Å²) in [6.45, 7) is 6.66. The van der Waals surface area contributed by atoms with E-state index in [0.29, 0.717) is 28.7 Å². The van der Waals surface area contributed by atoms with E-state index in [1.54, 1.807) is 6.07 Å². The normalized spacial score (nSPS) is 16.4. The second-order valence-corrected chi connectivity index (χ2v) is 11.1. The van der Waals surface area contributed by atoms with Crippen LogP contribution in [0.4, 0.5) is 24.5 Å². The van der Waals surface area contributed by atoms with Crippen LogP contribution in [-0.2, 0) is 5.54 Å². The molecule has 0 radical (unpaired) electrons. The maximum atomic E-state index is 15.0. The van der Waals surface area contributed by atoms with E-state index in [-0.39, 0.29) is 40.2 Å². The zero-order valence-corrected chi connectivity index (χ0v) is 22.2. The number of nitrogens with zero attached hydrogens (tertiary/aromatic N) is 6. The van der Waals surface area contributed by atoms with Gasteiger partial charge in [-0.05, 0) is 36.5 Å². The van der Waals surface area contributed by atoms with Crippen molar-refractivity contribution in [1.29, 1.82) is 5.26 Å². The fourth-order valence-electron chi connectivity index (χ4n) is 4.22. The molecule has 1 atom stereocenters. The molecule has 0 spiro atoms. The summed E-state index contributed by atoms with van der Waals surface area (Å²) in [6, 6.07) is 5.97. The number of aromatic nitrogens is 5. The lowest BCUT2D eigenvalue weighted by atomic mass is 9.96. The van der Waals surface area contributed by atoms with Gasteiger partial charge in [0.05, 0.1) is 29.4 Å². The Balaban J connectivity index is 1.64. The molecule has 3 aromatic heterocycles. The third-order valence-electron chi connectivity index (χ3n) is 6.51. The second-order valence-electron chi connectivity index (χ2n) is 10.7. The van der Waals surface area contributed by atoms with E-state index < -0.39 is 23.9 Å². The summed E-state index contributed by atoms with van der Waals surface area (Å²) in [4.78, 5) is 8.02. The van der Waals surface area contributed by atoms with Crippen LogP contribution < -0.4 is 10.6 Å². The Morgan fingerprint density at radius 3 is 2.69 bits per heavy atom. The van der Waals surface area contributed by atoms with Crippen molar-refractivity contribution in [1.82, 2.24) is 25.0 Å². The predicted octanol–water partition coefficient (Wildman–Crippen LogP) is 6.30. The van der Waals surface area contributed by atoms with Crippen LogP contribution in [0.1, 0.15) is 57.8 Å². The lowest BCUT2D eigenvalue weighted by Gasteiger charge is -2.22. The number of halogens is 4. The first-order chi connectivity index (χ1) is 18.9. The number of nitrogens with one attached hydrogen (secondary N) is 2. The summed E-state index contributed by atoms with van der Waals surface area (Å²) in [6.07, 6.45) is 1.66. The van der Waals surface area contributed by atoms with Crippen molar-refractivity contribution in [2.24, 2.45) is 5.41 Å². The summed E-state index contributed by atoms with van der Waals surface area (Å²) < 4.78 is 53.0. The average molecular weight is 556 g/mol. The molecule has 3 heterocycles. The Kier molecular flexibility index (Phi) is 6.51. The van der Waals surface area contributed by atoms with Crippen molar-refractivity contribution < 1.29 is 14.5 Å². The number of nitriles is 1. The molecule has 1 aliphatic carbocycles. The second kappa shape index (κ2) is 10.0. The van der Waals surface area contributed by atoms with Crippen molar-refractivity contribution in [2.45, 2.75) is 51.6 Å². The average Bonchev–Trinajstić information content (AvgIpc) is 3.56. The van der Waals surface area contributed by atoms with E-state index in [9.17, 15) is 15.4 Å². The van der Waals surface area contributed by atoms with Crippen molar-refractivity contribution in [2.75, 3.05) is 17.2 Å². The van der Waals surface area contributed by atoms with E-state index in [4.69, 9.17) is 11.6 Å². The molecule has 1 fully saturated rings. The minimum atomic E-state index is -2.68. The first-order valence-corrected chi connectivity index (χ1v) is 12.6. The van der Waals surface area contributed by atoms with E-state index in [1.807, 2.05) is 20.8 Å². The highest BCUT2D eigenvalue weighted by Crippen LogP contribution is 2.48. The Morgan fingerprint density at radius 1 is 1.28 bits per heavy atom. The van der Waals surface area contributed by atoms with Gasteiger partial charge in [0.2, 0.25) is 5.95 Å². The molecule has 0 amide bonds. The minimum absolute atomic E-state index is 0.112. The molecule has 4 aromatic rings. The summed E-state index contributed by atoms with van der Waals surface area (Å²) in [5.41, 5.74) is -0.411. The van der Waals surface area contributed by atoms with Crippen molar-refractivity contribution in [3.63, 3.8) is 0 Å². The number of fused-ring (bicyclic) bond motifs is 1. The van der Waals surface area contributed by atoms with Gasteiger partial charge in [-0.15, -0.1) is 5.10 Å². The van der Waals surface area contributed by atoms with Gasteiger partial charge in [-0.1, -0.05) is 43.7 Å². The van der Waals surface area contributed by atoms with Gasteiger partial charge in [0.25, 0.3) is 6.43 Å². The molecule has 1 saturated carbocycles. The number of hydrogen-bond donors (Lipinski definition) is 2. The van der Waals surface area contributed by atoms with Crippen molar-refractivity contribution >= 4 is 33.9 Å². The number of hydrogen-bond acceptors (Lipinski definition) is 7. The Morgan fingerprint density at radius 2 is 2.05 bits per heavy atom. The highest BCUT2D eigenvalue weighted by atomic mass is 35.5. The zero-order valence-electron chi connectivity index (χ0n) is 22.4. The van der Waals surface area contributed by atoms with Crippen LogP contribution in [0.25, 0.3) is 10.9 Å². The van der Waals surface area contributed by atoms with Crippen molar-refractivity contribution in [3.8, 4) is 6.07 Å². The first-order valence-electron chi connectivity index (χ1n) is 12.7. The van der Waals surface area contributed by atoms with Gasteiger partial charge >= 0.3 is 0 Å². The standard InChI is InChI=1S/C27H26ClF3N8/c1-26(2,3)14-35-21-15(11-32)12-34-22-18(21)9-16(10-19(22)28)36-23(17-5-4-8-33-24(17)29)20-13-39(38-37-20)27(6-7-27)25(30)31/h4-5,8-10,12-13,23,25,36H,6-7,14H2,1-3H3,(H,34,35)/t23-/m1/s1/i23D. The van der Waals surface area contributed by atoms with E-state index in [0.717, 1.165) is 4.68 Å². The third-order valence-corrected chi connectivity index (χ3v) is 6.80. The van der Waals surface area contributed by atoms with Crippen LogP contribution in [0.2, 0.25) is 5.02 Å². The Bertz CT molecular complexity index is 1630.